The van der Waals surface area contributed by atoms with Gasteiger partial charge in [-0.25, -0.2) is 4.39 Å². The Bertz CT molecular complexity index is 428. The highest BCUT2D eigenvalue weighted by Gasteiger charge is 2.21. The van der Waals surface area contributed by atoms with E-state index in [4.69, 9.17) is 0 Å². The minimum atomic E-state index is -0.181. The van der Waals surface area contributed by atoms with Crippen LogP contribution in [0.4, 0.5) is 4.39 Å². The lowest BCUT2D eigenvalue weighted by Crippen LogP contribution is -2.33. The van der Waals surface area contributed by atoms with Crippen LogP contribution >= 0.6 is 0 Å². The minimum Gasteiger partial charge on any atom is -0.355 e. The molecular weight excluding hydrogens is 231 g/mol. The van der Waals surface area contributed by atoms with Gasteiger partial charge in [-0.3, -0.25) is 4.79 Å². The molecule has 3 nitrogen and oxygen atoms in total. The third kappa shape index (κ3) is 3.29. The summed E-state index contributed by atoms with van der Waals surface area (Å²) in [6, 6.07) is 5.08. The van der Waals surface area contributed by atoms with Crippen molar-refractivity contribution in [3.63, 3.8) is 0 Å². The maximum Gasteiger partial charge on any atom is 0.224 e. The van der Waals surface area contributed by atoms with E-state index in [2.05, 4.69) is 10.6 Å². The fraction of sp³-hybridized carbons (Fsp3) is 0.500. The lowest BCUT2D eigenvalue weighted by atomic mass is 10.1. The van der Waals surface area contributed by atoms with Crippen molar-refractivity contribution in [2.75, 3.05) is 19.6 Å². The standard InChI is InChI=1S/C14H19FN2O/c1-10-8-11(2-3-13(10)15)4-7-17-14(18)12-5-6-16-9-12/h2-3,8,12,16H,4-7,9H2,1H3,(H,17,18). The fourth-order valence-corrected chi connectivity index (χ4v) is 2.22. The molecule has 98 valence electrons. The zero-order valence-electron chi connectivity index (χ0n) is 10.6. The van der Waals surface area contributed by atoms with E-state index in [1.807, 2.05) is 6.07 Å². The first-order valence-electron chi connectivity index (χ1n) is 6.40. The molecule has 1 unspecified atom stereocenters. The van der Waals surface area contributed by atoms with Crippen molar-refractivity contribution in [3.05, 3.63) is 35.1 Å². The number of carbonyl (C=O) groups is 1. The number of benzene rings is 1. The van der Waals surface area contributed by atoms with Gasteiger partial charge >= 0.3 is 0 Å². The molecule has 2 N–H and O–H groups in total. The van der Waals surface area contributed by atoms with E-state index >= 15 is 0 Å². The summed E-state index contributed by atoms with van der Waals surface area (Å²) in [5.74, 6) is 0.0543. The van der Waals surface area contributed by atoms with Gasteiger partial charge in [0.15, 0.2) is 0 Å². The number of amides is 1. The van der Waals surface area contributed by atoms with Crippen LogP contribution in [0.2, 0.25) is 0 Å². The number of rotatable bonds is 4. The Morgan fingerprint density at radius 2 is 2.39 bits per heavy atom. The van der Waals surface area contributed by atoms with E-state index in [0.29, 0.717) is 12.1 Å². The first kappa shape index (κ1) is 13.0. The van der Waals surface area contributed by atoms with E-state index < -0.39 is 0 Å². The largest absolute Gasteiger partial charge is 0.355 e. The second-order valence-corrected chi connectivity index (χ2v) is 4.81. The van der Waals surface area contributed by atoms with Crippen molar-refractivity contribution in [1.82, 2.24) is 10.6 Å². The lowest BCUT2D eigenvalue weighted by molar-refractivity contribution is -0.124. The summed E-state index contributed by atoms with van der Waals surface area (Å²) < 4.78 is 13.1. The first-order valence-corrected chi connectivity index (χ1v) is 6.40. The molecule has 1 aliphatic rings. The van der Waals surface area contributed by atoms with Gasteiger partial charge in [0.25, 0.3) is 0 Å². The van der Waals surface area contributed by atoms with Gasteiger partial charge in [-0.1, -0.05) is 12.1 Å². The molecule has 4 heteroatoms. The molecule has 0 radical (unpaired) electrons. The quantitative estimate of drug-likeness (QED) is 0.848. The first-order chi connectivity index (χ1) is 8.66. The van der Waals surface area contributed by atoms with Crippen molar-refractivity contribution in [1.29, 1.82) is 0 Å². The highest BCUT2D eigenvalue weighted by atomic mass is 19.1. The summed E-state index contributed by atoms with van der Waals surface area (Å²) in [5, 5.41) is 6.11. The number of nitrogens with one attached hydrogen (secondary N) is 2. The molecular formula is C14H19FN2O. The van der Waals surface area contributed by atoms with Gasteiger partial charge in [-0.15, -0.1) is 0 Å². The summed E-state index contributed by atoms with van der Waals surface area (Å²) in [4.78, 5) is 11.7. The third-order valence-electron chi connectivity index (χ3n) is 3.37. The molecule has 0 spiro atoms. The molecule has 0 aromatic heterocycles. The third-order valence-corrected chi connectivity index (χ3v) is 3.37. The van der Waals surface area contributed by atoms with E-state index in [9.17, 15) is 9.18 Å². The maximum absolute atomic E-state index is 13.1. The van der Waals surface area contributed by atoms with Crippen LogP contribution in [0.15, 0.2) is 18.2 Å². The molecule has 2 rings (SSSR count). The molecule has 1 amide bonds. The smallest absolute Gasteiger partial charge is 0.224 e. The van der Waals surface area contributed by atoms with Gasteiger partial charge in [0.1, 0.15) is 5.82 Å². The molecule has 0 aliphatic carbocycles. The summed E-state index contributed by atoms with van der Waals surface area (Å²) >= 11 is 0. The minimum absolute atomic E-state index is 0.111. The summed E-state index contributed by atoms with van der Waals surface area (Å²) in [6.07, 6.45) is 1.66. The molecule has 0 bridgehead atoms. The van der Waals surface area contributed by atoms with Crippen molar-refractivity contribution in [2.24, 2.45) is 5.92 Å². The molecule has 1 fully saturated rings. The van der Waals surface area contributed by atoms with Crippen LogP contribution in [0.3, 0.4) is 0 Å². The molecule has 1 aliphatic heterocycles. The highest BCUT2D eigenvalue weighted by molar-refractivity contribution is 5.79. The monoisotopic (exact) mass is 250 g/mol. The SMILES string of the molecule is Cc1cc(CCNC(=O)C2CCNC2)ccc1F. The Kier molecular flexibility index (Phi) is 4.31. The van der Waals surface area contributed by atoms with Crippen LogP contribution in [0, 0.1) is 18.7 Å². The van der Waals surface area contributed by atoms with Crippen LogP contribution in [0.25, 0.3) is 0 Å². The lowest BCUT2D eigenvalue weighted by Gasteiger charge is -2.10. The second kappa shape index (κ2) is 5.96. The number of hydrogen-bond acceptors (Lipinski definition) is 2. The number of hydrogen-bond donors (Lipinski definition) is 2. The molecule has 1 atom stereocenters. The van der Waals surface area contributed by atoms with Crippen molar-refractivity contribution in [3.8, 4) is 0 Å². The molecule has 1 heterocycles. The Labute approximate surface area is 107 Å². The zero-order valence-corrected chi connectivity index (χ0v) is 10.6. The number of halogens is 1. The van der Waals surface area contributed by atoms with Crippen LogP contribution in [0.5, 0.6) is 0 Å². The topological polar surface area (TPSA) is 41.1 Å². The van der Waals surface area contributed by atoms with Crippen molar-refractivity contribution >= 4 is 5.91 Å². The van der Waals surface area contributed by atoms with Gasteiger partial charge in [0, 0.05) is 13.1 Å². The maximum atomic E-state index is 13.1. The Hall–Kier alpha value is -1.42. The Balaban J connectivity index is 1.77. The average molecular weight is 250 g/mol. The van der Waals surface area contributed by atoms with Crippen LogP contribution in [-0.2, 0) is 11.2 Å². The zero-order chi connectivity index (χ0) is 13.0. The van der Waals surface area contributed by atoms with E-state index in [-0.39, 0.29) is 17.6 Å². The predicted octanol–water partition coefficient (Wildman–Crippen LogP) is 1.40. The van der Waals surface area contributed by atoms with Gasteiger partial charge in [0.05, 0.1) is 5.92 Å². The molecule has 18 heavy (non-hydrogen) atoms. The fourth-order valence-electron chi connectivity index (χ4n) is 2.22. The molecule has 1 aromatic carbocycles. The second-order valence-electron chi connectivity index (χ2n) is 4.81. The number of carbonyl (C=O) groups excluding carboxylic acids is 1. The average Bonchev–Trinajstić information content (AvgIpc) is 2.87. The van der Waals surface area contributed by atoms with Gasteiger partial charge in [-0.2, -0.15) is 0 Å². The van der Waals surface area contributed by atoms with Gasteiger partial charge in [-0.05, 0) is 43.5 Å². The van der Waals surface area contributed by atoms with Crippen LogP contribution in [-0.4, -0.2) is 25.5 Å². The molecule has 1 saturated heterocycles. The number of aryl methyl sites for hydroxylation is 1. The van der Waals surface area contributed by atoms with Gasteiger partial charge < -0.3 is 10.6 Å². The predicted molar refractivity (Wildman–Crippen MR) is 68.8 cm³/mol. The van der Waals surface area contributed by atoms with Crippen LogP contribution < -0.4 is 10.6 Å². The van der Waals surface area contributed by atoms with E-state index in [1.165, 1.54) is 6.07 Å². The molecule has 1 aromatic rings. The summed E-state index contributed by atoms with van der Waals surface area (Å²) in [6.45, 7) is 4.07. The highest BCUT2D eigenvalue weighted by Crippen LogP contribution is 2.10. The Morgan fingerprint density at radius 1 is 1.56 bits per heavy atom. The summed E-state index contributed by atoms with van der Waals surface area (Å²) in [5.41, 5.74) is 1.71. The van der Waals surface area contributed by atoms with E-state index in [0.717, 1.165) is 31.5 Å². The van der Waals surface area contributed by atoms with Crippen molar-refractivity contribution in [2.45, 2.75) is 19.8 Å². The van der Waals surface area contributed by atoms with Crippen molar-refractivity contribution < 1.29 is 9.18 Å². The molecule has 0 saturated carbocycles. The van der Waals surface area contributed by atoms with Gasteiger partial charge in [0.2, 0.25) is 5.91 Å². The normalized spacial score (nSPS) is 18.9. The van der Waals surface area contributed by atoms with E-state index in [1.54, 1.807) is 13.0 Å². The summed E-state index contributed by atoms with van der Waals surface area (Å²) in [7, 11) is 0. The van der Waals surface area contributed by atoms with Crippen LogP contribution in [0.1, 0.15) is 17.5 Å². The Morgan fingerprint density at radius 3 is 3.06 bits per heavy atom.